The molecular formula is C13H24N2O5S. The highest BCUT2D eigenvalue weighted by Crippen LogP contribution is 2.19. The van der Waals surface area contributed by atoms with Crippen LogP contribution in [0.5, 0.6) is 0 Å². The molecule has 21 heavy (non-hydrogen) atoms. The van der Waals surface area contributed by atoms with E-state index in [0.29, 0.717) is 32.4 Å². The van der Waals surface area contributed by atoms with Crippen molar-refractivity contribution >= 4 is 21.9 Å². The second kappa shape index (κ2) is 7.74. The molecule has 8 heteroatoms. The molecule has 122 valence electrons. The number of carbonyl (C=O) groups is 2. The Morgan fingerprint density at radius 3 is 2.33 bits per heavy atom. The van der Waals surface area contributed by atoms with E-state index in [-0.39, 0.29) is 24.3 Å². The summed E-state index contributed by atoms with van der Waals surface area (Å²) in [6, 6.07) is -0.354. The van der Waals surface area contributed by atoms with E-state index in [9.17, 15) is 18.0 Å². The van der Waals surface area contributed by atoms with Crippen molar-refractivity contribution in [2.75, 3.05) is 19.3 Å². The molecule has 2 N–H and O–H groups in total. The number of carbonyl (C=O) groups excluding carboxylic acids is 1. The van der Waals surface area contributed by atoms with Crippen LogP contribution in [0, 0.1) is 5.92 Å². The summed E-state index contributed by atoms with van der Waals surface area (Å²) in [6.07, 6.45) is 3.46. The Balaban J connectivity index is 2.51. The standard InChI is InChI=1S/C13H24N2O5S/c1-3-4-11(9-12(16)17)14-13(18)10-5-7-15(8-6-10)21(2,19)20/h10-11H,3-9H2,1-2H3,(H,14,18)(H,16,17). The number of rotatable bonds is 7. The molecule has 1 rings (SSSR count). The van der Waals surface area contributed by atoms with Crippen molar-refractivity contribution < 1.29 is 23.1 Å². The van der Waals surface area contributed by atoms with Gasteiger partial charge in [0.05, 0.1) is 12.7 Å². The summed E-state index contributed by atoms with van der Waals surface area (Å²) in [5.41, 5.74) is 0. The lowest BCUT2D eigenvalue weighted by atomic mass is 9.96. The van der Waals surface area contributed by atoms with Crippen LogP contribution in [0.25, 0.3) is 0 Å². The van der Waals surface area contributed by atoms with E-state index in [2.05, 4.69) is 5.32 Å². The van der Waals surface area contributed by atoms with Crippen molar-refractivity contribution in [3.8, 4) is 0 Å². The minimum absolute atomic E-state index is 0.0816. The van der Waals surface area contributed by atoms with Crippen LogP contribution in [-0.4, -0.2) is 55.1 Å². The first-order chi connectivity index (χ1) is 9.74. The summed E-state index contributed by atoms with van der Waals surface area (Å²) in [5.74, 6) is -1.33. The number of piperidine rings is 1. The lowest BCUT2D eigenvalue weighted by Crippen LogP contribution is -2.45. The molecule has 7 nitrogen and oxygen atoms in total. The monoisotopic (exact) mass is 320 g/mol. The van der Waals surface area contributed by atoms with Gasteiger partial charge in [0.2, 0.25) is 15.9 Å². The summed E-state index contributed by atoms with van der Waals surface area (Å²) in [7, 11) is -3.20. The Hall–Kier alpha value is -1.15. The molecule has 0 radical (unpaired) electrons. The second-order valence-corrected chi connectivity index (χ2v) is 7.51. The van der Waals surface area contributed by atoms with Crippen molar-refractivity contribution in [2.45, 2.75) is 45.1 Å². The smallest absolute Gasteiger partial charge is 0.305 e. The SMILES string of the molecule is CCCC(CC(=O)O)NC(=O)C1CCN(S(C)(=O)=O)CC1. The molecule has 0 aromatic rings. The van der Waals surface area contributed by atoms with Crippen LogP contribution >= 0.6 is 0 Å². The Kier molecular flexibility index (Phi) is 6.60. The molecule has 1 unspecified atom stereocenters. The molecule has 0 saturated carbocycles. The fraction of sp³-hybridized carbons (Fsp3) is 0.846. The molecule has 1 amide bonds. The molecule has 0 bridgehead atoms. The Labute approximate surface area is 125 Å². The van der Waals surface area contributed by atoms with Gasteiger partial charge in [-0.15, -0.1) is 0 Å². The lowest BCUT2D eigenvalue weighted by Gasteiger charge is -2.30. The number of carboxylic acid groups (broad SMARTS) is 1. The molecule has 1 aliphatic rings. The van der Waals surface area contributed by atoms with E-state index in [0.717, 1.165) is 12.7 Å². The van der Waals surface area contributed by atoms with Gasteiger partial charge < -0.3 is 10.4 Å². The van der Waals surface area contributed by atoms with E-state index < -0.39 is 16.0 Å². The third kappa shape index (κ3) is 6.01. The van der Waals surface area contributed by atoms with Gasteiger partial charge in [-0.05, 0) is 19.3 Å². The van der Waals surface area contributed by atoms with E-state index in [1.807, 2.05) is 6.92 Å². The first-order valence-corrected chi connectivity index (χ1v) is 9.06. The van der Waals surface area contributed by atoms with E-state index >= 15 is 0 Å². The number of sulfonamides is 1. The molecule has 1 saturated heterocycles. The number of carboxylic acids is 1. The van der Waals surface area contributed by atoms with Gasteiger partial charge in [0.25, 0.3) is 0 Å². The largest absolute Gasteiger partial charge is 0.481 e. The molecule has 0 aromatic carbocycles. The fourth-order valence-corrected chi connectivity index (χ4v) is 3.43. The van der Waals surface area contributed by atoms with Gasteiger partial charge in [-0.25, -0.2) is 12.7 Å². The van der Waals surface area contributed by atoms with Crippen molar-refractivity contribution in [3.63, 3.8) is 0 Å². The zero-order chi connectivity index (χ0) is 16.0. The number of amides is 1. The van der Waals surface area contributed by atoms with Crippen LogP contribution in [0.4, 0.5) is 0 Å². The fourth-order valence-electron chi connectivity index (χ4n) is 2.55. The average Bonchev–Trinajstić information content (AvgIpc) is 2.37. The molecule has 1 fully saturated rings. The maximum Gasteiger partial charge on any atom is 0.305 e. The van der Waals surface area contributed by atoms with Gasteiger partial charge in [-0.3, -0.25) is 9.59 Å². The number of aliphatic carboxylic acids is 1. The van der Waals surface area contributed by atoms with E-state index in [1.165, 1.54) is 4.31 Å². The Bertz CT molecular complexity index is 469. The number of nitrogens with one attached hydrogen (secondary N) is 1. The molecule has 1 aliphatic heterocycles. The third-order valence-corrected chi connectivity index (χ3v) is 5.00. The van der Waals surface area contributed by atoms with Crippen molar-refractivity contribution in [2.24, 2.45) is 5.92 Å². The second-order valence-electron chi connectivity index (χ2n) is 5.53. The molecule has 0 aromatic heterocycles. The molecule has 1 atom stereocenters. The van der Waals surface area contributed by atoms with E-state index in [4.69, 9.17) is 5.11 Å². The van der Waals surface area contributed by atoms with Crippen LogP contribution in [0.15, 0.2) is 0 Å². The van der Waals surface area contributed by atoms with Gasteiger partial charge >= 0.3 is 5.97 Å². The lowest BCUT2D eigenvalue weighted by molar-refractivity contribution is -0.138. The molecular weight excluding hydrogens is 296 g/mol. The van der Waals surface area contributed by atoms with Crippen molar-refractivity contribution in [1.29, 1.82) is 0 Å². The van der Waals surface area contributed by atoms with Crippen LogP contribution in [0.1, 0.15) is 39.0 Å². The first-order valence-electron chi connectivity index (χ1n) is 7.21. The topological polar surface area (TPSA) is 104 Å². The van der Waals surface area contributed by atoms with Gasteiger partial charge in [0.1, 0.15) is 0 Å². The van der Waals surface area contributed by atoms with Gasteiger partial charge in [0, 0.05) is 25.0 Å². The highest BCUT2D eigenvalue weighted by atomic mass is 32.2. The molecule has 0 spiro atoms. The van der Waals surface area contributed by atoms with Gasteiger partial charge in [-0.2, -0.15) is 0 Å². The minimum atomic E-state index is -3.20. The van der Waals surface area contributed by atoms with Crippen LogP contribution < -0.4 is 5.32 Å². The van der Waals surface area contributed by atoms with Crippen LogP contribution in [-0.2, 0) is 19.6 Å². The summed E-state index contributed by atoms with van der Waals surface area (Å²) in [5, 5.41) is 11.6. The minimum Gasteiger partial charge on any atom is -0.481 e. The Morgan fingerprint density at radius 2 is 1.90 bits per heavy atom. The quantitative estimate of drug-likeness (QED) is 0.707. The maximum absolute atomic E-state index is 12.1. The summed E-state index contributed by atoms with van der Waals surface area (Å²) in [6.45, 7) is 2.62. The summed E-state index contributed by atoms with van der Waals surface area (Å²) < 4.78 is 24.2. The van der Waals surface area contributed by atoms with E-state index in [1.54, 1.807) is 0 Å². The van der Waals surface area contributed by atoms with Gasteiger partial charge in [-0.1, -0.05) is 13.3 Å². The zero-order valence-corrected chi connectivity index (χ0v) is 13.4. The summed E-state index contributed by atoms with van der Waals surface area (Å²) in [4.78, 5) is 22.9. The first kappa shape index (κ1) is 17.9. The van der Waals surface area contributed by atoms with Crippen molar-refractivity contribution in [3.05, 3.63) is 0 Å². The molecule has 0 aliphatic carbocycles. The Morgan fingerprint density at radius 1 is 1.33 bits per heavy atom. The predicted molar refractivity (Wildman–Crippen MR) is 78.2 cm³/mol. The number of hydrogen-bond donors (Lipinski definition) is 2. The third-order valence-electron chi connectivity index (χ3n) is 3.70. The van der Waals surface area contributed by atoms with Crippen LogP contribution in [0.2, 0.25) is 0 Å². The summed E-state index contributed by atoms with van der Waals surface area (Å²) >= 11 is 0. The zero-order valence-electron chi connectivity index (χ0n) is 12.5. The van der Waals surface area contributed by atoms with Gasteiger partial charge in [0.15, 0.2) is 0 Å². The number of hydrogen-bond acceptors (Lipinski definition) is 4. The maximum atomic E-state index is 12.1. The normalized spacial score (nSPS) is 19.1. The highest BCUT2D eigenvalue weighted by Gasteiger charge is 2.30. The average molecular weight is 320 g/mol. The highest BCUT2D eigenvalue weighted by molar-refractivity contribution is 7.88. The van der Waals surface area contributed by atoms with Crippen molar-refractivity contribution in [1.82, 2.24) is 9.62 Å². The number of nitrogens with zero attached hydrogens (tertiary/aromatic N) is 1. The molecule has 1 heterocycles. The van der Waals surface area contributed by atoms with Crippen LogP contribution in [0.3, 0.4) is 0 Å². The predicted octanol–water partition coefficient (Wildman–Crippen LogP) is 0.418.